The highest BCUT2D eigenvalue weighted by Crippen LogP contribution is 2.10. The second-order valence-corrected chi connectivity index (χ2v) is 4.19. The van der Waals surface area contributed by atoms with Crippen molar-refractivity contribution in [2.75, 3.05) is 12.5 Å². The molecule has 0 N–H and O–H groups in total. The SMILES string of the molecule is O=c1ccccn1CCOc1cncc(C#CCCl)c1. The average Bonchev–Trinajstić information content (AvgIpc) is 2.48. The van der Waals surface area contributed by atoms with Crippen molar-refractivity contribution in [2.24, 2.45) is 0 Å². The molecule has 0 aromatic carbocycles. The summed E-state index contributed by atoms with van der Waals surface area (Å²) in [7, 11) is 0. The van der Waals surface area contributed by atoms with E-state index >= 15 is 0 Å². The lowest BCUT2D eigenvalue weighted by atomic mass is 10.3. The van der Waals surface area contributed by atoms with Crippen LogP contribution in [0.3, 0.4) is 0 Å². The van der Waals surface area contributed by atoms with Gasteiger partial charge in [0.05, 0.1) is 18.6 Å². The van der Waals surface area contributed by atoms with E-state index in [-0.39, 0.29) is 11.4 Å². The second-order valence-electron chi connectivity index (χ2n) is 3.93. The summed E-state index contributed by atoms with van der Waals surface area (Å²) in [4.78, 5) is 15.5. The van der Waals surface area contributed by atoms with Crippen LogP contribution < -0.4 is 10.3 Å². The Kier molecular flexibility index (Phi) is 5.22. The van der Waals surface area contributed by atoms with E-state index in [2.05, 4.69) is 16.8 Å². The van der Waals surface area contributed by atoms with Crippen LogP contribution in [0.1, 0.15) is 5.56 Å². The molecule has 4 nitrogen and oxygen atoms in total. The first-order valence-electron chi connectivity index (χ1n) is 6.08. The van der Waals surface area contributed by atoms with Crippen LogP contribution in [0.2, 0.25) is 0 Å². The van der Waals surface area contributed by atoms with Gasteiger partial charge in [0.2, 0.25) is 0 Å². The fourth-order valence-corrected chi connectivity index (χ4v) is 1.68. The summed E-state index contributed by atoms with van der Waals surface area (Å²) < 4.78 is 7.15. The van der Waals surface area contributed by atoms with E-state index in [4.69, 9.17) is 16.3 Å². The molecule has 0 fully saturated rings. The van der Waals surface area contributed by atoms with Crippen LogP contribution in [0.25, 0.3) is 0 Å². The third-order valence-electron chi connectivity index (χ3n) is 2.51. The molecule has 0 radical (unpaired) electrons. The normalized spacial score (nSPS) is 9.65. The molecule has 2 heterocycles. The van der Waals surface area contributed by atoms with Gasteiger partial charge in [-0.25, -0.2) is 0 Å². The van der Waals surface area contributed by atoms with Crippen LogP contribution in [0, 0.1) is 11.8 Å². The summed E-state index contributed by atoms with van der Waals surface area (Å²) in [6, 6.07) is 6.83. The molecule has 2 aromatic rings. The van der Waals surface area contributed by atoms with E-state index < -0.39 is 0 Å². The van der Waals surface area contributed by atoms with E-state index in [0.717, 1.165) is 5.56 Å². The molecule has 0 bridgehead atoms. The van der Waals surface area contributed by atoms with Gasteiger partial charge in [0, 0.05) is 24.0 Å². The molecule has 0 atom stereocenters. The number of hydrogen-bond acceptors (Lipinski definition) is 3. The maximum atomic E-state index is 11.5. The van der Waals surface area contributed by atoms with Crippen molar-refractivity contribution >= 4 is 11.6 Å². The number of nitrogens with zero attached hydrogens (tertiary/aromatic N) is 2. The lowest BCUT2D eigenvalue weighted by Gasteiger charge is -2.07. The molecule has 0 aliphatic carbocycles. The first-order chi connectivity index (χ1) is 9.79. The molecular formula is C15H13ClN2O2. The number of ether oxygens (including phenoxy) is 1. The van der Waals surface area contributed by atoms with E-state index in [1.807, 2.05) is 6.07 Å². The topological polar surface area (TPSA) is 44.1 Å². The Morgan fingerprint density at radius 1 is 1.35 bits per heavy atom. The Morgan fingerprint density at radius 2 is 2.25 bits per heavy atom. The highest BCUT2D eigenvalue weighted by Gasteiger charge is 1.98. The molecule has 0 unspecified atom stereocenters. The molecule has 2 rings (SSSR count). The van der Waals surface area contributed by atoms with Gasteiger partial charge in [0.1, 0.15) is 12.4 Å². The van der Waals surface area contributed by atoms with Crippen molar-refractivity contribution in [1.29, 1.82) is 0 Å². The third kappa shape index (κ3) is 4.15. The number of aromatic nitrogens is 2. The van der Waals surface area contributed by atoms with Crippen molar-refractivity contribution in [3.8, 4) is 17.6 Å². The standard InChI is InChI=1S/C15H13ClN2O2/c16-6-3-4-13-10-14(12-17-11-13)20-9-8-18-7-2-1-5-15(18)19/h1-2,5,7,10-12H,6,8-9H2. The lowest BCUT2D eigenvalue weighted by molar-refractivity contribution is 0.295. The van der Waals surface area contributed by atoms with Crippen molar-refractivity contribution in [2.45, 2.75) is 6.54 Å². The Hall–Kier alpha value is -2.25. The molecular weight excluding hydrogens is 276 g/mol. The van der Waals surface area contributed by atoms with Gasteiger partial charge < -0.3 is 9.30 Å². The number of rotatable bonds is 4. The lowest BCUT2D eigenvalue weighted by Crippen LogP contribution is -2.21. The average molecular weight is 289 g/mol. The van der Waals surface area contributed by atoms with Crippen molar-refractivity contribution in [3.63, 3.8) is 0 Å². The van der Waals surface area contributed by atoms with E-state index in [1.165, 1.54) is 6.07 Å². The highest BCUT2D eigenvalue weighted by atomic mass is 35.5. The minimum atomic E-state index is -0.0454. The molecule has 20 heavy (non-hydrogen) atoms. The summed E-state index contributed by atoms with van der Waals surface area (Å²) in [6.45, 7) is 0.870. The summed E-state index contributed by atoms with van der Waals surface area (Å²) in [5.74, 6) is 6.53. The monoisotopic (exact) mass is 288 g/mol. The van der Waals surface area contributed by atoms with Crippen LogP contribution in [-0.4, -0.2) is 22.0 Å². The fraction of sp³-hybridized carbons (Fsp3) is 0.200. The summed E-state index contributed by atoms with van der Waals surface area (Å²) >= 11 is 5.50. The molecule has 0 saturated heterocycles. The summed E-state index contributed by atoms with van der Waals surface area (Å²) in [5, 5.41) is 0. The van der Waals surface area contributed by atoms with Gasteiger partial charge in [-0.1, -0.05) is 17.9 Å². The molecule has 0 aliphatic rings. The van der Waals surface area contributed by atoms with Crippen molar-refractivity contribution in [3.05, 3.63) is 58.8 Å². The minimum absolute atomic E-state index is 0.0454. The molecule has 0 saturated carbocycles. The molecule has 102 valence electrons. The minimum Gasteiger partial charge on any atom is -0.490 e. The summed E-state index contributed by atoms with van der Waals surface area (Å²) in [6.07, 6.45) is 4.99. The Morgan fingerprint density at radius 3 is 3.05 bits per heavy atom. The number of halogens is 1. The van der Waals surface area contributed by atoms with Gasteiger partial charge in [-0.2, -0.15) is 0 Å². The maximum Gasteiger partial charge on any atom is 0.250 e. The van der Waals surface area contributed by atoms with Crippen LogP contribution in [0.15, 0.2) is 47.7 Å². The molecule has 5 heteroatoms. The highest BCUT2D eigenvalue weighted by molar-refractivity contribution is 6.19. The van der Waals surface area contributed by atoms with E-state index in [1.54, 1.807) is 35.3 Å². The van der Waals surface area contributed by atoms with Crippen LogP contribution in [0.4, 0.5) is 0 Å². The van der Waals surface area contributed by atoms with Gasteiger partial charge in [0.25, 0.3) is 5.56 Å². The van der Waals surface area contributed by atoms with Gasteiger partial charge in [-0.3, -0.25) is 9.78 Å². The molecule has 0 amide bonds. The zero-order valence-corrected chi connectivity index (χ0v) is 11.5. The summed E-state index contributed by atoms with van der Waals surface area (Å²) in [5.41, 5.74) is 0.705. The predicted octanol–water partition coefficient (Wildman–Crippen LogP) is 1.91. The third-order valence-corrected chi connectivity index (χ3v) is 2.65. The number of alkyl halides is 1. The van der Waals surface area contributed by atoms with Crippen LogP contribution in [-0.2, 0) is 6.54 Å². The first-order valence-corrected chi connectivity index (χ1v) is 6.61. The number of pyridine rings is 2. The van der Waals surface area contributed by atoms with E-state index in [9.17, 15) is 4.79 Å². The Labute approximate surface area is 122 Å². The van der Waals surface area contributed by atoms with Crippen LogP contribution >= 0.6 is 11.6 Å². The first kappa shape index (κ1) is 14.2. The van der Waals surface area contributed by atoms with Crippen molar-refractivity contribution in [1.82, 2.24) is 9.55 Å². The Bertz CT molecular complexity index is 686. The van der Waals surface area contributed by atoms with Gasteiger partial charge in [-0.05, 0) is 12.1 Å². The van der Waals surface area contributed by atoms with Crippen LogP contribution in [0.5, 0.6) is 5.75 Å². The van der Waals surface area contributed by atoms with Crippen molar-refractivity contribution < 1.29 is 4.74 Å². The maximum absolute atomic E-state index is 11.5. The molecule has 0 spiro atoms. The van der Waals surface area contributed by atoms with Gasteiger partial charge >= 0.3 is 0 Å². The van der Waals surface area contributed by atoms with Gasteiger partial charge in [-0.15, -0.1) is 11.6 Å². The molecule has 2 aromatic heterocycles. The predicted molar refractivity (Wildman–Crippen MR) is 78.0 cm³/mol. The Balaban J connectivity index is 1.94. The number of hydrogen-bond donors (Lipinski definition) is 0. The fourth-order valence-electron chi connectivity index (χ4n) is 1.61. The second kappa shape index (κ2) is 7.37. The zero-order chi connectivity index (χ0) is 14.2. The molecule has 0 aliphatic heterocycles. The quantitative estimate of drug-likeness (QED) is 0.638. The van der Waals surface area contributed by atoms with Gasteiger partial charge in [0.15, 0.2) is 0 Å². The zero-order valence-electron chi connectivity index (χ0n) is 10.8. The smallest absolute Gasteiger partial charge is 0.250 e. The largest absolute Gasteiger partial charge is 0.490 e. The van der Waals surface area contributed by atoms with E-state index in [0.29, 0.717) is 18.9 Å².